The third-order valence-corrected chi connectivity index (χ3v) is 31.7. The van der Waals surface area contributed by atoms with Gasteiger partial charge in [0.25, 0.3) is 0 Å². The minimum Gasteiger partial charge on any atom is -0.394 e. The molecule has 5 aliphatic rings. The van der Waals surface area contributed by atoms with Crippen molar-refractivity contribution in [1.29, 1.82) is 21.0 Å². The number of thiophene rings is 4. The minimum atomic E-state index is -3.34. The maximum Gasteiger partial charge on any atom is 0.248 e. The molecule has 46 nitrogen and oxygen atoms in total. The van der Waals surface area contributed by atoms with Crippen LogP contribution in [0, 0.1) is 45.3 Å². The summed E-state index contributed by atoms with van der Waals surface area (Å²) in [5.74, 6) is 1.14. The van der Waals surface area contributed by atoms with Gasteiger partial charge in [-0.15, -0.1) is 45.3 Å². The predicted octanol–water partition coefficient (Wildman–Crippen LogP) is 8.91. The second-order valence-electron chi connectivity index (χ2n) is 33.7. The molecule has 52 heteroatoms. The first-order valence-corrected chi connectivity index (χ1v) is 50.8. The Morgan fingerprint density at radius 2 is 0.784 bits per heavy atom. The van der Waals surface area contributed by atoms with E-state index >= 15 is 0 Å². The van der Waals surface area contributed by atoms with Gasteiger partial charge in [-0.1, -0.05) is 0 Å². The lowest BCUT2D eigenvalue weighted by molar-refractivity contribution is -0.145. The summed E-state index contributed by atoms with van der Waals surface area (Å²) in [5.41, 5.74) is 9.75. The number of anilines is 8. The molecule has 139 heavy (non-hydrogen) atoms. The highest BCUT2D eigenvalue weighted by Gasteiger charge is 2.52. The number of hydrogen-bond donors (Lipinski definition) is 6. The molecule has 0 aliphatic carbocycles. The lowest BCUT2D eigenvalue weighted by atomic mass is 9.86. The molecule has 1 amide bonds. The molecule has 0 radical (unpaired) electrons. The number of aliphatic hydroxyl groups is 2. The van der Waals surface area contributed by atoms with Crippen LogP contribution in [0.15, 0.2) is 145 Å². The molecule has 0 spiro atoms. The molecule has 0 aromatic carbocycles. The topological polar surface area (TPSA) is 563 Å². The number of nitrogens with zero attached hydrogens (tertiary/aromatic N) is 32. The second kappa shape index (κ2) is 40.4. The average Bonchev–Trinajstić information content (AvgIpc) is 1.70. The number of carbonyl (C=O) groups is 2. The fraction of sp³-hybridized carbons (Fsp3) is 0.379. The number of likely N-dealkylation sites (tertiary alicyclic amines) is 1. The molecule has 21 heterocycles. The lowest BCUT2D eigenvalue weighted by Crippen LogP contribution is -2.64. The number of ether oxygens (including phenoxy) is 2. The Hall–Kier alpha value is -14.2. The van der Waals surface area contributed by atoms with E-state index in [0.29, 0.717) is 85.8 Å². The summed E-state index contributed by atoms with van der Waals surface area (Å²) in [6, 6.07) is 16.6. The number of carbonyl (C=O) groups excluding carboxylic acids is 2. The SMILES string of the molecule is CCS(=O)(=O)N1CC(CC#N)(n2cc(-c3nc(Nc4cnn(C(C)=O)c4)nc4ccsc34)cn2)C1.CCS(=O)(=O)N1CC(CC#N)(n2cc(-c3nc(Nc4cnn(CCO)c4)nc4ccsc34)cn2)C1.Cn1cc(Nc2nc(-c3cnn(C4(CC#N)CN(C(=O)CO)C4)c3)c3sccc3n2)cn1.N#CCC1(n2cc(-c3nc(Nc4cnn(CCN5CCOCC5)c4)nc4ccsc34)cn2)CCOCC1. The average molecular weight is 1990 g/mol. The summed E-state index contributed by atoms with van der Waals surface area (Å²) in [7, 11) is -4.83. The van der Waals surface area contributed by atoms with Gasteiger partial charge in [0.2, 0.25) is 55.7 Å². The van der Waals surface area contributed by atoms with E-state index in [1.165, 1.54) is 54.0 Å². The van der Waals surface area contributed by atoms with Crippen molar-refractivity contribution in [2.24, 2.45) is 7.05 Å². The maximum atomic E-state index is 12.2. The van der Waals surface area contributed by atoms with Gasteiger partial charge in [0.15, 0.2) is 0 Å². The first-order chi connectivity index (χ1) is 67.3. The number of hydrogen-bond acceptors (Lipinski definition) is 39. The zero-order valence-electron chi connectivity index (χ0n) is 75.5. The van der Waals surface area contributed by atoms with Crippen molar-refractivity contribution in [1.82, 2.24) is 137 Å². The molecule has 716 valence electrons. The number of morpholine rings is 1. The Kier molecular flexibility index (Phi) is 27.7. The number of nitrogens with one attached hydrogen (secondary N) is 4. The molecular weight excluding hydrogens is 1900 g/mol. The molecule has 5 aliphatic heterocycles. The molecule has 0 saturated carbocycles. The Bertz CT molecular complexity index is 7580. The number of amides is 1. The summed E-state index contributed by atoms with van der Waals surface area (Å²) >= 11 is 6.16. The van der Waals surface area contributed by atoms with Gasteiger partial charge in [-0.25, -0.2) is 61.4 Å². The van der Waals surface area contributed by atoms with Gasteiger partial charge in [-0.05, 0) is 72.5 Å². The van der Waals surface area contributed by atoms with Crippen LogP contribution in [0.2, 0.25) is 0 Å². The first-order valence-electron chi connectivity index (χ1n) is 44.1. The molecule has 0 bridgehead atoms. The van der Waals surface area contributed by atoms with Crippen molar-refractivity contribution in [2.75, 3.05) is 131 Å². The summed E-state index contributed by atoms with van der Waals surface area (Å²) in [6.45, 7) is 12.5. The van der Waals surface area contributed by atoms with Gasteiger partial charge >= 0.3 is 0 Å². The normalized spacial score (nSPS) is 16.1. The highest BCUT2D eigenvalue weighted by atomic mass is 32.2. The Balaban J connectivity index is 0.000000123. The molecule has 5 saturated heterocycles. The predicted molar refractivity (Wildman–Crippen MR) is 517 cm³/mol. The van der Waals surface area contributed by atoms with Crippen LogP contribution in [0.5, 0.6) is 0 Å². The molecule has 16 aromatic heterocycles. The third kappa shape index (κ3) is 20.1. The zero-order chi connectivity index (χ0) is 96.8. The van der Waals surface area contributed by atoms with E-state index in [-0.39, 0.29) is 80.9 Å². The van der Waals surface area contributed by atoms with Crippen LogP contribution in [0.1, 0.15) is 64.1 Å². The Morgan fingerprint density at radius 3 is 1.14 bits per heavy atom. The number of nitriles is 4. The van der Waals surface area contributed by atoms with Crippen LogP contribution in [0.4, 0.5) is 46.5 Å². The number of aryl methyl sites for hydroxylation is 1. The van der Waals surface area contributed by atoms with Gasteiger partial charge in [-0.2, -0.15) is 70.4 Å². The minimum absolute atomic E-state index is 0.0119. The van der Waals surface area contributed by atoms with Gasteiger partial charge in [-0.3, -0.25) is 47.3 Å². The van der Waals surface area contributed by atoms with Crippen LogP contribution < -0.4 is 21.3 Å². The fourth-order valence-corrected chi connectivity index (χ4v) is 22.7. The molecule has 0 atom stereocenters. The number of aliphatic hydroxyl groups excluding tert-OH is 2. The van der Waals surface area contributed by atoms with Crippen LogP contribution in [-0.4, -0.2) is 285 Å². The highest BCUT2D eigenvalue weighted by molar-refractivity contribution is 7.89. The molecule has 16 aromatic rings. The van der Waals surface area contributed by atoms with E-state index in [1.807, 2.05) is 99.4 Å². The number of sulfonamides is 2. The fourth-order valence-electron chi connectivity index (χ4n) is 16.9. The van der Waals surface area contributed by atoms with Crippen LogP contribution in [0.25, 0.3) is 85.9 Å². The molecule has 21 rings (SSSR count). The van der Waals surface area contributed by atoms with Gasteiger partial charge in [0.05, 0.1) is 242 Å². The standard InChI is InChI=1S/C25H29N9O2S.C21H21N9O3S2.C21H23N9O3S2.C20H19N9O2S/c26-5-2-25(3-10-35-11-4-25)34-17-19(15-28-34)22-23-21(1-14-37-23)30-24(31-22)29-20-16-27-33(18-20)7-6-32-8-12-36-13-9-32;1-3-35(32,33)28-12-21(13-28,5-6-22)30-10-15(8-24-30)18-19-17(4-7-34-19)26-20(27-18)25-16-9-23-29(11-16)14(2)31;1-2-35(32,33)29-13-21(14-29,4-5-22)30-11-15(9-24-30)18-19-17(3-8-34-19)26-20(27-18)25-16-10-23-28(12-16)6-7-31;1-27-9-14(7-22-27)24-19-25-15-2-5-32-18(15)17(26-19)13-6-23-29(8-13)20(3-4-21)11-28(12-20)16(31)10-30/h1,14-18H,2-4,6-13H2,(H,29,30,31);4,7-11H,3,5,12-13H2,1-2H3,(H,25,26,27);3,8-12,31H,2,4,6-7,13-14H2,1H3,(H,25,26,27);2,5-9,30H,3,10-12H2,1H3,(H,24,25,26). The summed E-state index contributed by atoms with van der Waals surface area (Å²) < 4.78 is 80.0. The van der Waals surface area contributed by atoms with Gasteiger partial charge < -0.3 is 45.9 Å². The molecule has 5 fully saturated rings. The van der Waals surface area contributed by atoms with Crippen LogP contribution in [-0.2, 0) is 76.6 Å². The first kappa shape index (κ1) is 95.1. The van der Waals surface area contributed by atoms with E-state index in [1.54, 1.807) is 116 Å². The van der Waals surface area contributed by atoms with Crippen molar-refractivity contribution in [3.63, 3.8) is 0 Å². The second-order valence-corrected chi connectivity index (χ2v) is 41.8. The Morgan fingerprint density at radius 1 is 0.432 bits per heavy atom. The molecular formula is C87H92N36O10S6. The van der Waals surface area contributed by atoms with Crippen molar-refractivity contribution < 1.29 is 46.1 Å². The summed E-state index contributed by atoms with van der Waals surface area (Å²) in [6.07, 6.45) is 30.6. The lowest BCUT2D eigenvalue weighted by Gasteiger charge is -2.48. The summed E-state index contributed by atoms with van der Waals surface area (Å²) in [5, 5.41) is 111. The van der Waals surface area contributed by atoms with E-state index in [2.05, 4.69) is 111 Å². The van der Waals surface area contributed by atoms with E-state index in [0.717, 1.165) is 138 Å². The van der Waals surface area contributed by atoms with Crippen molar-refractivity contribution in [2.45, 2.75) is 94.5 Å². The van der Waals surface area contributed by atoms with Crippen LogP contribution >= 0.6 is 45.3 Å². The number of rotatable bonds is 30. The van der Waals surface area contributed by atoms with Crippen LogP contribution in [0.3, 0.4) is 0 Å². The number of aromatic nitrogens is 24. The van der Waals surface area contributed by atoms with Crippen molar-refractivity contribution >= 4 is 165 Å². The molecule has 6 N–H and O–H groups in total. The highest BCUT2D eigenvalue weighted by Crippen LogP contribution is 2.43. The largest absolute Gasteiger partial charge is 0.394 e. The smallest absolute Gasteiger partial charge is 0.248 e. The molecule has 0 unspecified atom stereocenters. The van der Waals surface area contributed by atoms with Gasteiger partial charge in [0.1, 0.15) is 23.2 Å². The van der Waals surface area contributed by atoms with E-state index in [9.17, 15) is 47.5 Å². The van der Waals surface area contributed by atoms with Crippen molar-refractivity contribution in [3.8, 4) is 69.3 Å². The maximum absolute atomic E-state index is 12.2. The van der Waals surface area contributed by atoms with E-state index in [4.69, 9.17) is 39.6 Å². The number of fused-ring (bicyclic) bond motifs is 4. The van der Waals surface area contributed by atoms with Gasteiger partial charge in [0, 0.05) is 152 Å². The van der Waals surface area contributed by atoms with E-state index < -0.39 is 43.3 Å². The quantitative estimate of drug-likeness (QED) is 0.0244. The van der Waals surface area contributed by atoms with Crippen molar-refractivity contribution in [3.05, 3.63) is 145 Å². The Labute approximate surface area is 810 Å². The monoisotopic (exact) mass is 1990 g/mol. The zero-order valence-corrected chi connectivity index (χ0v) is 80.4. The third-order valence-electron chi connectivity index (χ3n) is 24.5. The summed E-state index contributed by atoms with van der Waals surface area (Å²) in [4.78, 5) is 64.7.